The van der Waals surface area contributed by atoms with Gasteiger partial charge in [0.15, 0.2) is 5.69 Å². The van der Waals surface area contributed by atoms with E-state index in [0.29, 0.717) is 4.57 Å². The molecular weight excluding hydrogens is 509 g/mol. The fourth-order valence-corrected chi connectivity index (χ4v) is 2.49. The van der Waals surface area contributed by atoms with Gasteiger partial charge in [0.05, 0.1) is 5.69 Å². The Bertz CT molecular complexity index is 986. The molecule has 0 aliphatic heterocycles. The molecule has 0 spiro atoms. The Balaban J connectivity index is 2.85. The normalized spacial score (nSPS) is 13.4. The van der Waals surface area contributed by atoms with Gasteiger partial charge in [0.1, 0.15) is 0 Å². The fraction of sp³-hybridized carbons (Fsp3) is 0.167. The Morgan fingerprint density at radius 1 is 0.857 bits per heavy atom. The summed E-state index contributed by atoms with van der Waals surface area (Å²) in [7, 11) is 0. The summed E-state index contributed by atoms with van der Waals surface area (Å²) in [4.78, 5) is 49.9. The van der Waals surface area contributed by atoms with Gasteiger partial charge in [-0.3, -0.25) is 9.59 Å². The maximum absolute atomic E-state index is 12.7. The smallest absolute Gasteiger partial charge is 0.359 e. The standard InChI is InChI=1S/C12H6Cl6N4O6/c13-11(14,15)7(23)20-9(25)19(5-1-3-6(4-2-5)22(27)28)10(26)21(20)8(24)12(16,17)18/h1-4,22,27H. The summed E-state index contributed by atoms with van der Waals surface area (Å²) in [5, 5.41) is 18.6. The van der Waals surface area contributed by atoms with E-state index < -0.39 is 36.0 Å². The summed E-state index contributed by atoms with van der Waals surface area (Å²) in [6.07, 6.45) is 0. The van der Waals surface area contributed by atoms with Crippen LogP contribution in [0.25, 0.3) is 5.69 Å². The fourth-order valence-electron chi connectivity index (χ4n) is 2.01. The molecule has 0 bridgehead atoms. The van der Waals surface area contributed by atoms with E-state index in [-0.39, 0.29) is 20.7 Å². The van der Waals surface area contributed by atoms with Crippen LogP contribution in [0.4, 0.5) is 5.69 Å². The van der Waals surface area contributed by atoms with Gasteiger partial charge in [-0.1, -0.05) is 69.6 Å². The van der Waals surface area contributed by atoms with Crippen molar-refractivity contribution in [3.63, 3.8) is 0 Å². The number of quaternary nitrogens is 1. The van der Waals surface area contributed by atoms with E-state index in [1.807, 2.05) is 0 Å². The molecule has 0 aliphatic rings. The van der Waals surface area contributed by atoms with Crippen LogP contribution in [0, 0.1) is 5.21 Å². The SMILES string of the molecule is O=C(n1c(=O)n(-c2ccc([NH+]([O-])O)cc2)c(=O)n1C(=O)C(Cl)(Cl)Cl)C(Cl)(Cl)Cl. The summed E-state index contributed by atoms with van der Waals surface area (Å²) >= 11 is 32.8. The first-order chi connectivity index (χ1) is 12.7. The van der Waals surface area contributed by atoms with Crippen LogP contribution in [0.5, 0.6) is 0 Å². The lowest BCUT2D eigenvalue weighted by Crippen LogP contribution is -2.99. The van der Waals surface area contributed by atoms with Gasteiger partial charge in [-0.25, -0.2) is 19.4 Å². The predicted molar refractivity (Wildman–Crippen MR) is 102 cm³/mol. The molecule has 152 valence electrons. The minimum Gasteiger partial charge on any atom is -0.595 e. The number of aromatic nitrogens is 3. The van der Waals surface area contributed by atoms with E-state index >= 15 is 0 Å². The van der Waals surface area contributed by atoms with Crippen molar-refractivity contribution in [2.75, 3.05) is 0 Å². The number of halogens is 6. The molecule has 10 nitrogen and oxygen atoms in total. The minimum absolute atomic E-state index is 0.0926. The highest BCUT2D eigenvalue weighted by Crippen LogP contribution is 2.30. The average molecular weight is 515 g/mol. The van der Waals surface area contributed by atoms with Crippen LogP contribution in [-0.2, 0) is 0 Å². The van der Waals surface area contributed by atoms with Crippen molar-refractivity contribution >= 4 is 87.1 Å². The van der Waals surface area contributed by atoms with Crippen LogP contribution in [0.3, 0.4) is 0 Å². The molecule has 2 N–H and O–H groups in total. The monoisotopic (exact) mass is 512 g/mol. The molecule has 2 aromatic rings. The molecule has 0 aliphatic carbocycles. The summed E-state index contributed by atoms with van der Waals surface area (Å²) in [6, 6.07) is 4.28. The molecule has 1 aromatic heterocycles. The maximum atomic E-state index is 12.7. The quantitative estimate of drug-likeness (QED) is 0.458. The zero-order valence-corrected chi connectivity index (χ0v) is 17.4. The van der Waals surface area contributed by atoms with Crippen LogP contribution < -0.4 is 16.6 Å². The second-order valence-electron chi connectivity index (χ2n) is 4.98. The Hall–Kier alpha value is -1.08. The van der Waals surface area contributed by atoms with Crippen LogP contribution in [-0.4, -0.2) is 38.5 Å². The summed E-state index contributed by atoms with van der Waals surface area (Å²) < 4.78 is -5.35. The van der Waals surface area contributed by atoms with Gasteiger partial charge >= 0.3 is 23.2 Å². The molecule has 0 amide bonds. The van der Waals surface area contributed by atoms with Crippen LogP contribution >= 0.6 is 69.6 Å². The highest BCUT2D eigenvalue weighted by atomic mass is 35.6. The zero-order chi connectivity index (χ0) is 21.6. The minimum atomic E-state index is -2.74. The molecule has 0 saturated heterocycles. The zero-order valence-electron chi connectivity index (χ0n) is 12.9. The summed E-state index contributed by atoms with van der Waals surface area (Å²) in [5.74, 6) is -3.19. The van der Waals surface area contributed by atoms with Gasteiger partial charge in [0.25, 0.3) is 7.59 Å². The van der Waals surface area contributed by atoms with Crippen LogP contribution in [0.15, 0.2) is 33.9 Å². The molecule has 16 heteroatoms. The number of nitrogens with one attached hydrogen (secondary N) is 1. The molecule has 2 rings (SSSR count). The maximum Gasteiger partial charge on any atom is 0.359 e. The number of benzene rings is 1. The van der Waals surface area contributed by atoms with Gasteiger partial charge in [-0.15, -0.1) is 0 Å². The Morgan fingerprint density at radius 3 is 1.50 bits per heavy atom. The Morgan fingerprint density at radius 2 is 1.21 bits per heavy atom. The number of nitrogens with zero attached hydrogens (tertiary/aromatic N) is 3. The molecule has 0 fully saturated rings. The van der Waals surface area contributed by atoms with Crippen molar-refractivity contribution in [3.8, 4) is 5.69 Å². The molecule has 1 atom stereocenters. The van der Waals surface area contributed by atoms with E-state index in [1.165, 1.54) is 0 Å². The van der Waals surface area contributed by atoms with E-state index in [9.17, 15) is 24.4 Å². The van der Waals surface area contributed by atoms with Crippen molar-refractivity contribution in [2.24, 2.45) is 0 Å². The molecule has 28 heavy (non-hydrogen) atoms. The Kier molecular flexibility index (Phi) is 6.61. The Labute approximate surface area is 184 Å². The van der Waals surface area contributed by atoms with Crippen molar-refractivity contribution in [3.05, 3.63) is 50.4 Å². The number of hydrogen-bond acceptors (Lipinski definition) is 6. The molecule has 1 unspecified atom stereocenters. The lowest BCUT2D eigenvalue weighted by molar-refractivity contribution is -0.991. The summed E-state index contributed by atoms with van der Waals surface area (Å²) in [5.41, 5.74) is -3.22. The number of carbonyl (C=O) groups is 2. The van der Waals surface area contributed by atoms with Crippen molar-refractivity contribution < 1.29 is 20.0 Å². The van der Waals surface area contributed by atoms with Gasteiger partial charge in [-0.2, -0.15) is 14.6 Å². The van der Waals surface area contributed by atoms with E-state index in [1.54, 1.807) is 0 Å². The number of hydrogen-bond donors (Lipinski definition) is 2. The highest BCUT2D eigenvalue weighted by Gasteiger charge is 2.42. The number of rotatable bonds is 2. The molecule has 0 radical (unpaired) electrons. The van der Waals surface area contributed by atoms with E-state index in [4.69, 9.17) is 74.8 Å². The topological polar surface area (TPSA) is 131 Å². The van der Waals surface area contributed by atoms with Crippen molar-refractivity contribution in [2.45, 2.75) is 7.59 Å². The first-order valence-corrected chi connectivity index (χ1v) is 8.98. The number of alkyl halides is 6. The molecular formula is C12H6Cl6N4O6. The van der Waals surface area contributed by atoms with Gasteiger partial charge in [0.2, 0.25) is 0 Å². The summed E-state index contributed by atoms with van der Waals surface area (Å²) in [6.45, 7) is 0. The second-order valence-corrected chi connectivity index (χ2v) is 9.54. The first-order valence-electron chi connectivity index (χ1n) is 6.71. The van der Waals surface area contributed by atoms with E-state index in [0.717, 1.165) is 24.3 Å². The first kappa shape index (κ1) is 23.2. The molecule has 1 heterocycles. The lowest BCUT2D eigenvalue weighted by atomic mass is 10.3. The highest BCUT2D eigenvalue weighted by molar-refractivity contribution is 6.77. The predicted octanol–water partition coefficient (Wildman–Crippen LogP) is 1.22. The van der Waals surface area contributed by atoms with Gasteiger partial charge in [0, 0.05) is 12.1 Å². The van der Waals surface area contributed by atoms with Crippen molar-refractivity contribution in [1.82, 2.24) is 13.9 Å². The largest absolute Gasteiger partial charge is 0.595 e. The number of carbonyl (C=O) groups excluding carboxylic acids is 2. The van der Waals surface area contributed by atoms with Gasteiger partial charge in [-0.05, 0) is 12.1 Å². The average Bonchev–Trinajstić information content (AvgIpc) is 2.82. The molecule has 0 saturated carbocycles. The van der Waals surface area contributed by atoms with Gasteiger partial charge < -0.3 is 5.21 Å². The lowest BCUT2D eigenvalue weighted by Gasteiger charge is -2.14. The van der Waals surface area contributed by atoms with E-state index in [2.05, 4.69) is 0 Å². The third-order valence-corrected chi connectivity index (χ3v) is 4.16. The molecule has 1 aromatic carbocycles. The van der Waals surface area contributed by atoms with Crippen molar-refractivity contribution in [1.29, 1.82) is 0 Å². The second kappa shape index (κ2) is 7.98. The third-order valence-electron chi connectivity index (χ3n) is 3.19. The van der Waals surface area contributed by atoms with Crippen LogP contribution in [0.2, 0.25) is 0 Å². The van der Waals surface area contributed by atoms with Crippen LogP contribution in [0.1, 0.15) is 9.59 Å². The third kappa shape index (κ3) is 4.40.